The zero-order valence-electron chi connectivity index (χ0n) is 13.4. The molecule has 0 saturated heterocycles. The Balaban J connectivity index is 1.76. The van der Waals surface area contributed by atoms with Crippen molar-refractivity contribution in [2.45, 2.75) is 25.9 Å². The van der Waals surface area contributed by atoms with Gasteiger partial charge < -0.3 is 15.0 Å². The van der Waals surface area contributed by atoms with Crippen molar-refractivity contribution in [2.75, 3.05) is 5.73 Å². The van der Waals surface area contributed by atoms with Crippen LogP contribution in [0.1, 0.15) is 18.8 Å². The summed E-state index contributed by atoms with van der Waals surface area (Å²) in [6.07, 6.45) is 1.89. The highest BCUT2D eigenvalue weighted by atomic mass is 35.7. The van der Waals surface area contributed by atoms with Gasteiger partial charge in [0.2, 0.25) is 0 Å². The van der Waals surface area contributed by atoms with Gasteiger partial charge in [0.25, 0.3) is 7.38 Å². The Labute approximate surface area is 149 Å². The number of benzene rings is 1. The average molecular weight is 382 g/mol. The number of rotatable bonds is 7. The third-order valence-corrected chi connectivity index (χ3v) is 4.18. The lowest BCUT2D eigenvalue weighted by Gasteiger charge is -2.22. The minimum absolute atomic E-state index is 0.295. The highest BCUT2D eigenvalue weighted by Crippen LogP contribution is 2.37. The predicted octanol–water partition coefficient (Wildman–Crippen LogP) is 3.16. The molecule has 2 aromatic heterocycles. The SMILES string of the molecule is C[C@H](Cn1cnc2c(N)ncnc21)OC(O[PH](=O)Cl)c1ccccc1. The first-order chi connectivity index (χ1) is 12.0. The Kier molecular flexibility index (Phi) is 5.65. The molecular formula is C15H17ClN5O3P. The molecule has 0 aliphatic heterocycles. The molecule has 0 aliphatic carbocycles. The van der Waals surface area contributed by atoms with Crippen LogP contribution in [0.25, 0.3) is 11.2 Å². The summed E-state index contributed by atoms with van der Waals surface area (Å²) in [6, 6.07) is 9.19. The number of imidazole rings is 1. The molecule has 0 amide bonds. The third-order valence-electron chi connectivity index (χ3n) is 3.51. The summed E-state index contributed by atoms with van der Waals surface area (Å²) in [5, 5.41) is 0. The second-order valence-corrected chi connectivity index (χ2v) is 7.01. The topological polar surface area (TPSA) is 105 Å². The predicted molar refractivity (Wildman–Crippen MR) is 95.4 cm³/mol. The Bertz CT molecular complexity index is 876. The molecule has 0 fully saturated rings. The molecule has 2 N–H and O–H groups in total. The number of halogens is 1. The van der Waals surface area contributed by atoms with Crippen LogP contribution in [0.5, 0.6) is 0 Å². The van der Waals surface area contributed by atoms with Crippen LogP contribution >= 0.6 is 18.6 Å². The number of aromatic nitrogens is 4. The maximum absolute atomic E-state index is 11.3. The molecular weight excluding hydrogens is 365 g/mol. The minimum Gasteiger partial charge on any atom is -0.382 e. The summed E-state index contributed by atoms with van der Waals surface area (Å²) < 4.78 is 24.3. The first kappa shape index (κ1) is 17.8. The molecule has 3 rings (SSSR count). The summed E-state index contributed by atoms with van der Waals surface area (Å²) in [5.74, 6) is 0.323. The standard InChI is InChI=1S/C15H17ClN5O3P/c1-10(7-21-9-20-12-13(17)18-8-19-14(12)21)23-15(24-25(16)22)11-5-3-2-4-6-11/h2-6,8-10,15,25H,7H2,1H3,(H2,17,18,19)/t10-,15?/m1/s1. The van der Waals surface area contributed by atoms with Gasteiger partial charge in [0, 0.05) is 5.56 Å². The molecule has 2 heterocycles. The molecule has 1 aromatic carbocycles. The lowest BCUT2D eigenvalue weighted by atomic mass is 10.2. The molecule has 8 nitrogen and oxygen atoms in total. The number of ether oxygens (including phenoxy) is 1. The van der Waals surface area contributed by atoms with Crippen LogP contribution in [0, 0.1) is 0 Å². The van der Waals surface area contributed by atoms with Gasteiger partial charge in [0.1, 0.15) is 11.8 Å². The zero-order chi connectivity index (χ0) is 17.8. The van der Waals surface area contributed by atoms with Gasteiger partial charge >= 0.3 is 0 Å². The molecule has 2 unspecified atom stereocenters. The quantitative estimate of drug-likeness (QED) is 0.495. The van der Waals surface area contributed by atoms with Gasteiger partial charge in [-0.1, -0.05) is 30.3 Å². The highest BCUT2D eigenvalue weighted by molar-refractivity contribution is 7.69. The second kappa shape index (κ2) is 7.93. The lowest BCUT2D eigenvalue weighted by molar-refractivity contribution is -0.116. The largest absolute Gasteiger partial charge is 0.382 e. The van der Waals surface area contributed by atoms with E-state index in [9.17, 15) is 4.57 Å². The number of anilines is 1. The van der Waals surface area contributed by atoms with E-state index in [4.69, 9.17) is 26.2 Å². The molecule has 0 aliphatic rings. The molecule has 0 radical (unpaired) electrons. The summed E-state index contributed by atoms with van der Waals surface area (Å²) in [5.41, 5.74) is 7.67. The maximum Gasteiger partial charge on any atom is 0.281 e. The minimum atomic E-state index is -2.69. The van der Waals surface area contributed by atoms with E-state index in [0.717, 1.165) is 5.56 Å². The van der Waals surface area contributed by atoms with E-state index in [1.165, 1.54) is 6.33 Å². The summed E-state index contributed by atoms with van der Waals surface area (Å²) >= 11 is 5.54. The molecule has 0 saturated carbocycles. The van der Waals surface area contributed by atoms with E-state index in [0.29, 0.717) is 23.5 Å². The molecule has 10 heteroatoms. The fourth-order valence-electron chi connectivity index (χ4n) is 2.43. The van der Waals surface area contributed by atoms with E-state index in [1.807, 2.05) is 41.8 Å². The van der Waals surface area contributed by atoms with Gasteiger partial charge in [-0.2, -0.15) is 0 Å². The van der Waals surface area contributed by atoms with Gasteiger partial charge in [0.15, 0.2) is 17.8 Å². The van der Waals surface area contributed by atoms with Gasteiger partial charge in [-0.15, -0.1) is 0 Å². The van der Waals surface area contributed by atoms with Crippen LogP contribution in [-0.4, -0.2) is 25.6 Å². The number of nitrogen functional groups attached to an aromatic ring is 1. The van der Waals surface area contributed by atoms with Gasteiger partial charge in [-0.05, 0) is 18.2 Å². The number of fused-ring (bicyclic) bond motifs is 1. The van der Waals surface area contributed by atoms with Gasteiger partial charge in [0.05, 0.1) is 19.0 Å². The number of nitrogens with two attached hydrogens (primary N) is 1. The van der Waals surface area contributed by atoms with E-state index in [-0.39, 0.29) is 6.10 Å². The van der Waals surface area contributed by atoms with E-state index < -0.39 is 13.7 Å². The van der Waals surface area contributed by atoms with E-state index in [2.05, 4.69) is 15.0 Å². The molecule has 25 heavy (non-hydrogen) atoms. The molecule has 3 aromatic rings. The smallest absolute Gasteiger partial charge is 0.281 e. The summed E-state index contributed by atoms with van der Waals surface area (Å²) in [7, 11) is -2.69. The summed E-state index contributed by atoms with van der Waals surface area (Å²) in [4.78, 5) is 12.3. The van der Waals surface area contributed by atoms with E-state index >= 15 is 0 Å². The molecule has 0 spiro atoms. The van der Waals surface area contributed by atoms with Crippen LogP contribution in [0.2, 0.25) is 0 Å². The van der Waals surface area contributed by atoms with E-state index in [1.54, 1.807) is 6.33 Å². The van der Waals surface area contributed by atoms with Crippen molar-refractivity contribution in [1.29, 1.82) is 0 Å². The lowest BCUT2D eigenvalue weighted by Crippen LogP contribution is -2.20. The van der Waals surface area contributed by atoms with Gasteiger partial charge in [-0.25, -0.2) is 15.0 Å². The Morgan fingerprint density at radius 2 is 2.04 bits per heavy atom. The van der Waals surface area contributed by atoms with Crippen molar-refractivity contribution < 1.29 is 13.8 Å². The fraction of sp³-hybridized carbons (Fsp3) is 0.267. The van der Waals surface area contributed by atoms with Crippen molar-refractivity contribution in [3.05, 3.63) is 48.5 Å². The summed E-state index contributed by atoms with van der Waals surface area (Å²) in [6.45, 7) is 2.31. The average Bonchev–Trinajstić information content (AvgIpc) is 2.99. The number of hydrogen-bond acceptors (Lipinski definition) is 7. The number of nitrogens with zero attached hydrogens (tertiary/aromatic N) is 4. The van der Waals surface area contributed by atoms with Crippen LogP contribution < -0.4 is 5.73 Å². The van der Waals surface area contributed by atoms with Crippen molar-refractivity contribution >= 4 is 35.6 Å². The zero-order valence-corrected chi connectivity index (χ0v) is 15.1. The monoisotopic (exact) mass is 381 g/mol. The Hall–Kier alpha value is -1.99. The molecule has 3 atom stereocenters. The Morgan fingerprint density at radius 3 is 2.76 bits per heavy atom. The Morgan fingerprint density at radius 1 is 1.28 bits per heavy atom. The molecule has 132 valence electrons. The first-order valence-electron chi connectivity index (χ1n) is 7.52. The maximum atomic E-state index is 11.3. The molecule has 0 bridgehead atoms. The van der Waals surface area contributed by atoms with Crippen molar-refractivity contribution in [3.63, 3.8) is 0 Å². The number of hydrogen-bond donors (Lipinski definition) is 1. The van der Waals surface area contributed by atoms with Crippen molar-refractivity contribution in [3.8, 4) is 0 Å². The van der Waals surface area contributed by atoms with Crippen molar-refractivity contribution in [1.82, 2.24) is 19.5 Å². The van der Waals surface area contributed by atoms with Crippen LogP contribution in [0.3, 0.4) is 0 Å². The van der Waals surface area contributed by atoms with Crippen LogP contribution in [0.4, 0.5) is 5.82 Å². The first-order valence-corrected chi connectivity index (χ1v) is 9.85. The van der Waals surface area contributed by atoms with Crippen molar-refractivity contribution in [2.24, 2.45) is 0 Å². The fourth-order valence-corrected chi connectivity index (χ4v) is 3.03. The highest BCUT2D eigenvalue weighted by Gasteiger charge is 2.19. The normalized spacial score (nSPS) is 15.1. The van der Waals surface area contributed by atoms with Crippen LogP contribution in [-0.2, 0) is 20.4 Å². The third kappa shape index (κ3) is 4.35. The van der Waals surface area contributed by atoms with Crippen LogP contribution in [0.15, 0.2) is 43.0 Å². The van der Waals surface area contributed by atoms with Gasteiger partial charge in [-0.3, -0.25) is 9.09 Å². The second-order valence-electron chi connectivity index (χ2n) is 5.37.